The van der Waals surface area contributed by atoms with E-state index >= 15 is 0 Å². The minimum absolute atomic E-state index is 0.0663. The van der Waals surface area contributed by atoms with Crippen molar-refractivity contribution in [2.45, 2.75) is 32.8 Å². The molecule has 0 aliphatic carbocycles. The number of amides is 2. The molecule has 0 spiro atoms. The van der Waals surface area contributed by atoms with Crippen molar-refractivity contribution in [2.75, 3.05) is 26.2 Å². The van der Waals surface area contributed by atoms with E-state index < -0.39 is 11.5 Å². The molecule has 0 bridgehead atoms. The number of nitrogens with zero attached hydrogens (tertiary/aromatic N) is 2. The molecular weight excluding hydrogens is 368 g/mol. The summed E-state index contributed by atoms with van der Waals surface area (Å²) < 4.78 is 0. The second kappa shape index (κ2) is 8.04. The maximum Gasteiger partial charge on any atom is 0.317 e. The lowest BCUT2D eigenvalue weighted by atomic mass is 9.68. The van der Waals surface area contributed by atoms with Gasteiger partial charge in [0.25, 0.3) is 0 Å². The Morgan fingerprint density at radius 2 is 2.15 bits per heavy atom. The minimum Gasteiger partial charge on any atom is -0.395 e. The molecule has 2 aromatic rings. The number of aliphatic hydroxyl groups excluding tert-OH is 2. The molecule has 1 atom stereocenters. The number of halogens is 1. The number of urea groups is 1. The predicted octanol–water partition coefficient (Wildman–Crippen LogP) is 2.69. The van der Waals surface area contributed by atoms with Crippen molar-refractivity contribution in [3.8, 4) is 0 Å². The second-order valence-corrected chi connectivity index (χ2v) is 8.21. The number of benzene rings is 1. The third-order valence-corrected chi connectivity index (χ3v) is 5.98. The van der Waals surface area contributed by atoms with Crippen LogP contribution in [0.1, 0.15) is 38.4 Å². The first-order chi connectivity index (χ1) is 12.8. The molecule has 2 heterocycles. The van der Waals surface area contributed by atoms with Crippen LogP contribution >= 0.6 is 11.6 Å². The van der Waals surface area contributed by atoms with Gasteiger partial charge in [-0.05, 0) is 36.3 Å². The first-order valence-electron chi connectivity index (χ1n) is 9.28. The zero-order chi connectivity index (χ0) is 19.6. The number of rotatable bonds is 5. The van der Waals surface area contributed by atoms with E-state index in [-0.39, 0.29) is 25.1 Å². The highest BCUT2D eigenvalue weighted by molar-refractivity contribution is 6.31. The van der Waals surface area contributed by atoms with Crippen LogP contribution < -0.4 is 5.32 Å². The van der Waals surface area contributed by atoms with Gasteiger partial charge in [-0.3, -0.25) is 5.10 Å². The molecule has 0 saturated carbocycles. The highest BCUT2D eigenvalue weighted by atomic mass is 35.5. The fraction of sp³-hybridized carbons (Fsp3) is 0.579. The summed E-state index contributed by atoms with van der Waals surface area (Å²) in [6.45, 7) is 5.58. The largest absolute Gasteiger partial charge is 0.395 e. The maximum absolute atomic E-state index is 12.1. The van der Waals surface area contributed by atoms with Gasteiger partial charge < -0.3 is 20.4 Å². The summed E-state index contributed by atoms with van der Waals surface area (Å²) >= 11 is 6.23. The zero-order valence-corrected chi connectivity index (χ0v) is 16.5. The Morgan fingerprint density at radius 3 is 2.81 bits per heavy atom. The summed E-state index contributed by atoms with van der Waals surface area (Å²) in [6, 6.07) is 3.48. The molecule has 27 heavy (non-hydrogen) atoms. The van der Waals surface area contributed by atoms with Crippen molar-refractivity contribution in [1.29, 1.82) is 0 Å². The average Bonchev–Trinajstić information content (AvgIpc) is 3.13. The van der Waals surface area contributed by atoms with E-state index in [1.54, 1.807) is 17.2 Å². The summed E-state index contributed by atoms with van der Waals surface area (Å²) in [5.41, 5.74) is 1.17. The number of aliphatic hydroxyl groups is 2. The van der Waals surface area contributed by atoms with Crippen LogP contribution in [-0.2, 0) is 0 Å². The van der Waals surface area contributed by atoms with Gasteiger partial charge in [-0.15, -0.1) is 0 Å². The Hall–Kier alpha value is -1.83. The van der Waals surface area contributed by atoms with Crippen molar-refractivity contribution in [2.24, 2.45) is 11.3 Å². The molecule has 148 valence electrons. The van der Waals surface area contributed by atoms with Crippen LogP contribution in [0.25, 0.3) is 10.9 Å². The third-order valence-electron chi connectivity index (χ3n) is 5.77. The molecule has 8 heteroatoms. The van der Waals surface area contributed by atoms with E-state index in [9.17, 15) is 9.90 Å². The Labute approximate surface area is 163 Å². The van der Waals surface area contributed by atoms with E-state index in [4.69, 9.17) is 16.7 Å². The standard InChI is InChI=1S/C19H27ClN4O3/c1-19(2,13-3-6-24(7-4-13)18(27)21-5-8-25)17(26)15-10-14(20)9-12-11-22-23-16(12)15/h9-11,13,17,25-26H,3-8H2,1-2H3,(H,21,27)(H,22,23)/t17-/m1/s1. The van der Waals surface area contributed by atoms with Crippen LogP contribution in [0.5, 0.6) is 0 Å². The number of piperidine rings is 1. The molecule has 1 aliphatic rings. The van der Waals surface area contributed by atoms with Crippen LogP contribution in [0, 0.1) is 11.3 Å². The van der Waals surface area contributed by atoms with E-state index in [1.165, 1.54) is 0 Å². The van der Waals surface area contributed by atoms with Crippen LogP contribution in [-0.4, -0.2) is 57.6 Å². The fourth-order valence-electron chi connectivity index (χ4n) is 3.99. The van der Waals surface area contributed by atoms with Gasteiger partial charge in [0.05, 0.1) is 24.4 Å². The number of aromatic nitrogens is 2. The topological polar surface area (TPSA) is 101 Å². The van der Waals surface area contributed by atoms with Gasteiger partial charge in [-0.2, -0.15) is 5.10 Å². The molecule has 0 unspecified atom stereocenters. The SMILES string of the molecule is CC(C)(C1CCN(C(=O)NCCO)CC1)[C@H](O)c1cc(Cl)cc2cn[nH]c12. The number of hydrogen-bond donors (Lipinski definition) is 4. The number of likely N-dealkylation sites (tertiary alicyclic amines) is 1. The summed E-state index contributed by atoms with van der Waals surface area (Å²) in [4.78, 5) is 13.8. The van der Waals surface area contributed by atoms with Gasteiger partial charge in [0.2, 0.25) is 0 Å². The molecule has 1 aromatic carbocycles. The molecule has 2 amide bonds. The summed E-state index contributed by atoms with van der Waals surface area (Å²) in [5, 5.41) is 31.2. The van der Waals surface area contributed by atoms with Crippen molar-refractivity contribution < 1.29 is 15.0 Å². The number of carbonyl (C=O) groups excluding carboxylic acids is 1. The molecule has 7 nitrogen and oxygen atoms in total. The molecule has 1 saturated heterocycles. The van der Waals surface area contributed by atoms with Gasteiger partial charge in [0.15, 0.2) is 0 Å². The first-order valence-corrected chi connectivity index (χ1v) is 9.66. The van der Waals surface area contributed by atoms with Gasteiger partial charge in [-0.25, -0.2) is 4.79 Å². The van der Waals surface area contributed by atoms with E-state index in [0.29, 0.717) is 18.1 Å². The van der Waals surface area contributed by atoms with Crippen LogP contribution in [0.15, 0.2) is 18.3 Å². The fourth-order valence-corrected chi connectivity index (χ4v) is 4.22. The number of carbonyl (C=O) groups is 1. The van der Waals surface area contributed by atoms with Crippen molar-refractivity contribution >= 4 is 28.5 Å². The van der Waals surface area contributed by atoms with E-state index in [2.05, 4.69) is 29.4 Å². The second-order valence-electron chi connectivity index (χ2n) is 7.77. The van der Waals surface area contributed by atoms with Gasteiger partial charge >= 0.3 is 6.03 Å². The molecule has 1 fully saturated rings. The summed E-state index contributed by atoms with van der Waals surface area (Å²) in [5.74, 6) is 0.256. The summed E-state index contributed by atoms with van der Waals surface area (Å²) in [6.07, 6.45) is 2.61. The number of H-pyrrole nitrogens is 1. The van der Waals surface area contributed by atoms with Crippen LogP contribution in [0.3, 0.4) is 0 Å². The van der Waals surface area contributed by atoms with Gasteiger partial charge in [0, 0.05) is 35.6 Å². The molecule has 0 radical (unpaired) electrons. The maximum atomic E-state index is 12.1. The Kier molecular flexibility index (Phi) is 5.93. The Bertz CT molecular complexity index is 799. The lowest BCUT2D eigenvalue weighted by Crippen LogP contribution is -2.47. The Morgan fingerprint density at radius 1 is 1.44 bits per heavy atom. The number of nitrogens with one attached hydrogen (secondary N) is 2. The number of aromatic amines is 1. The highest BCUT2D eigenvalue weighted by Crippen LogP contribution is 2.46. The van der Waals surface area contributed by atoms with Crippen molar-refractivity contribution in [1.82, 2.24) is 20.4 Å². The lowest BCUT2D eigenvalue weighted by molar-refractivity contribution is -0.0143. The molecule has 1 aliphatic heterocycles. The van der Waals surface area contributed by atoms with E-state index in [1.807, 2.05) is 6.07 Å². The van der Waals surface area contributed by atoms with Crippen LogP contribution in [0.2, 0.25) is 5.02 Å². The zero-order valence-electron chi connectivity index (χ0n) is 15.7. The van der Waals surface area contributed by atoms with Crippen molar-refractivity contribution in [3.63, 3.8) is 0 Å². The highest BCUT2D eigenvalue weighted by Gasteiger charge is 2.40. The smallest absolute Gasteiger partial charge is 0.317 e. The number of fused-ring (bicyclic) bond motifs is 1. The quantitative estimate of drug-likeness (QED) is 0.626. The van der Waals surface area contributed by atoms with Crippen LogP contribution in [0.4, 0.5) is 4.79 Å². The lowest BCUT2D eigenvalue weighted by Gasteiger charge is -2.43. The summed E-state index contributed by atoms with van der Waals surface area (Å²) in [7, 11) is 0. The normalized spacial score (nSPS) is 17.3. The molecule has 1 aromatic heterocycles. The predicted molar refractivity (Wildman–Crippen MR) is 105 cm³/mol. The van der Waals surface area contributed by atoms with Gasteiger partial charge in [-0.1, -0.05) is 25.4 Å². The third kappa shape index (κ3) is 4.05. The first kappa shape index (κ1) is 19.9. The van der Waals surface area contributed by atoms with Crippen molar-refractivity contribution in [3.05, 3.63) is 28.9 Å². The molecule has 4 N–H and O–H groups in total. The van der Waals surface area contributed by atoms with E-state index in [0.717, 1.165) is 29.3 Å². The molecular formula is C19H27ClN4O3. The van der Waals surface area contributed by atoms with Gasteiger partial charge in [0.1, 0.15) is 0 Å². The average molecular weight is 395 g/mol. The number of hydrogen-bond acceptors (Lipinski definition) is 4. The molecule has 3 rings (SSSR count). The monoisotopic (exact) mass is 394 g/mol. The minimum atomic E-state index is -0.709. The Balaban J connectivity index is 1.73.